The summed E-state index contributed by atoms with van der Waals surface area (Å²) in [6.45, 7) is 2.84. The van der Waals surface area contributed by atoms with Crippen LogP contribution in [0.25, 0.3) is 0 Å². The van der Waals surface area contributed by atoms with Gasteiger partial charge in [-0.15, -0.1) is 0 Å². The number of benzene rings is 1. The van der Waals surface area contributed by atoms with Gasteiger partial charge in [0, 0.05) is 5.69 Å². The molecule has 3 rings (SSSR count). The number of likely N-dealkylation sites (tertiary alicyclic amines) is 1. The minimum absolute atomic E-state index is 0.0243. The Balaban J connectivity index is 1.64. The molecule has 0 aromatic heterocycles. The quantitative estimate of drug-likeness (QED) is 0.894. The maximum atomic E-state index is 12.5. The number of nitrogens with one attached hydrogen (secondary N) is 1. The smallest absolute Gasteiger partial charge is 0.241 e. The van der Waals surface area contributed by atoms with Crippen molar-refractivity contribution in [1.29, 1.82) is 0 Å². The predicted molar refractivity (Wildman–Crippen MR) is 85.1 cm³/mol. The van der Waals surface area contributed by atoms with Gasteiger partial charge in [0.25, 0.3) is 0 Å². The lowest BCUT2D eigenvalue weighted by Gasteiger charge is -2.36. The number of hydrogen-bond donors (Lipinski definition) is 2. The van der Waals surface area contributed by atoms with Crippen LogP contribution in [0, 0.1) is 5.92 Å². The van der Waals surface area contributed by atoms with Gasteiger partial charge < -0.3 is 11.1 Å². The van der Waals surface area contributed by atoms with E-state index in [0.29, 0.717) is 0 Å². The van der Waals surface area contributed by atoms with Crippen molar-refractivity contribution in [3.05, 3.63) is 29.8 Å². The van der Waals surface area contributed by atoms with Gasteiger partial charge in [0.15, 0.2) is 0 Å². The third kappa shape index (κ3) is 3.27. The van der Waals surface area contributed by atoms with E-state index in [1.807, 2.05) is 18.2 Å². The van der Waals surface area contributed by atoms with Crippen molar-refractivity contribution in [1.82, 2.24) is 4.90 Å². The van der Waals surface area contributed by atoms with Crippen molar-refractivity contribution in [2.75, 3.05) is 25.0 Å². The van der Waals surface area contributed by atoms with E-state index < -0.39 is 0 Å². The number of aryl methyl sites for hydroxylation is 1. The van der Waals surface area contributed by atoms with E-state index in [1.54, 1.807) is 0 Å². The zero-order valence-electron chi connectivity index (χ0n) is 12.6. The maximum Gasteiger partial charge on any atom is 0.241 e. The van der Waals surface area contributed by atoms with E-state index in [4.69, 9.17) is 5.73 Å². The topological polar surface area (TPSA) is 58.4 Å². The van der Waals surface area contributed by atoms with Crippen molar-refractivity contribution in [3.63, 3.8) is 0 Å². The van der Waals surface area contributed by atoms with E-state index >= 15 is 0 Å². The molecular formula is C17H25N3O. The van der Waals surface area contributed by atoms with E-state index in [2.05, 4.69) is 16.3 Å². The molecule has 1 amide bonds. The molecule has 1 saturated heterocycles. The highest BCUT2D eigenvalue weighted by Gasteiger charge is 2.31. The Labute approximate surface area is 126 Å². The van der Waals surface area contributed by atoms with Crippen LogP contribution in [-0.4, -0.2) is 36.5 Å². The zero-order valence-corrected chi connectivity index (χ0v) is 12.6. The van der Waals surface area contributed by atoms with Gasteiger partial charge in [0.2, 0.25) is 5.91 Å². The summed E-state index contributed by atoms with van der Waals surface area (Å²) in [5, 5.41) is 3.11. The Kier molecular flexibility index (Phi) is 4.56. The summed E-state index contributed by atoms with van der Waals surface area (Å²) in [7, 11) is 0. The minimum atomic E-state index is 0.0243. The highest BCUT2D eigenvalue weighted by atomic mass is 16.2. The molecule has 0 radical (unpaired) electrons. The fraction of sp³-hybridized carbons (Fsp3) is 0.588. The molecule has 0 spiro atoms. The van der Waals surface area contributed by atoms with Gasteiger partial charge in [0.1, 0.15) is 0 Å². The molecule has 21 heavy (non-hydrogen) atoms. The van der Waals surface area contributed by atoms with Gasteiger partial charge in [-0.05, 0) is 69.3 Å². The average Bonchev–Trinajstić information content (AvgIpc) is 2.67. The number of carbonyl (C=O) groups is 1. The number of fused-ring (bicyclic) bond motifs is 1. The van der Waals surface area contributed by atoms with Gasteiger partial charge >= 0.3 is 0 Å². The normalized spacial score (nSPS) is 24.2. The molecule has 1 aromatic rings. The molecule has 2 heterocycles. The number of amides is 1. The number of anilines is 1. The van der Waals surface area contributed by atoms with Crippen LogP contribution in [0.15, 0.2) is 24.3 Å². The molecule has 4 heteroatoms. The second kappa shape index (κ2) is 6.58. The molecule has 0 saturated carbocycles. The molecule has 4 nitrogen and oxygen atoms in total. The van der Waals surface area contributed by atoms with Crippen LogP contribution in [0.4, 0.5) is 5.69 Å². The van der Waals surface area contributed by atoms with Gasteiger partial charge in [-0.1, -0.05) is 18.2 Å². The third-order valence-corrected chi connectivity index (χ3v) is 4.93. The number of carbonyl (C=O) groups excluding carboxylic acids is 1. The van der Waals surface area contributed by atoms with E-state index in [9.17, 15) is 4.79 Å². The highest BCUT2D eigenvalue weighted by Crippen LogP contribution is 2.27. The molecule has 2 aliphatic rings. The van der Waals surface area contributed by atoms with Crippen molar-refractivity contribution in [2.24, 2.45) is 11.7 Å². The minimum Gasteiger partial charge on any atom is -0.330 e. The van der Waals surface area contributed by atoms with Gasteiger partial charge in [-0.3, -0.25) is 9.69 Å². The van der Waals surface area contributed by atoms with E-state index in [0.717, 1.165) is 50.5 Å². The summed E-state index contributed by atoms with van der Waals surface area (Å²) in [4.78, 5) is 14.9. The number of rotatable bonds is 3. The van der Waals surface area contributed by atoms with Crippen LogP contribution in [0.1, 0.15) is 31.2 Å². The molecule has 0 bridgehead atoms. The first-order valence-corrected chi connectivity index (χ1v) is 8.11. The predicted octanol–water partition coefficient (Wildman–Crippen LogP) is 2.00. The van der Waals surface area contributed by atoms with Gasteiger partial charge in [0.05, 0.1) is 6.04 Å². The van der Waals surface area contributed by atoms with Gasteiger partial charge in [-0.25, -0.2) is 0 Å². The van der Waals surface area contributed by atoms with Crippen molar-refractivity contribution in [3.8, 4) is 0 Å². The van der Waals surface area contributed by atoms with Gasteiger partial charge in [-0.2, -0.15) is 0 Å². The average molecular weight is 287 g/mol. The molecule has 1 aromatic carbocycles. The second-order valence-electron chi connectivity index (χ2n) is 6.26. The number of nitrogens with zero attached hydrogens (tertiary/aromatic N) is 1. The van der Waals surface area contributed by atoms with Crippen LogP contribution in [-0.2, 0) is 11.2 Å². The monoisotopic (exact) mass is 287 g/mol. The highest BCUT2D eigenvalue weighted by molar-refractivity contribution is 5.96. The molecule has 1 atom stereocenters. The fourth-order valence-corrected chi connectivity index (χ4v) is 3.64. The Morgan fingerprint density at radius 2 is 1.95 bits per heavy atom. The lowest BCUT2D eigenvalue weighted by molar-refractivity contribution is -0.122. The number of piperidine rings is 1. The first-order chi connectivity index (χ1) is 10.3. The lowest BCUT2D eigenvalue weighted by atomic mass is 9.92. The first kappa shape index (κ1) is 14.5. The lowest BCUT2D eigenvalue weighted by Crippen LogP contribution is -2.47. The summed E-state index contributed by atoms with van der Waals surface area (Å²) in [6, 6.07) is 8.17. The SMILES string of the molecule is NCCC1CCN(C2CCc3ccccc3NC2=O)CC1. The van der Waals surface area contributed by atoms with E-state index in [-0.39, 0.29) is 11.9 Å². The van der Waals surface area contributed by atoms with Crippen molar-refractivity contribution < 1.29 is 4.79 Å². The molecular weight excluding hydrogens is 262 g/mol. The first-order valence-electron chi connectivity index (χ1n) is 8.11. The largest absolute Gasteiger partial charge is 0.330 e. The summed E-state index contributed by atoms with van der Waals surface area (Å²) < 4.78 is 0. The van der Waals surface area contributed by atoms with Crippen molar-refractivity contribution >= 4 is 11.6 Å². The Hall–Kier alpha value is -1.39. The number of para-hydroxylation sites is 1. The van der Waals surface area contributed by atoms with Crippen LogP contribution in [0.2, 0.25) is 0 Å². The fourth-order valence-electron chi connectivity index (χ4n) is 3.64. The maximum absolute atomic E-state index is 12.5. The van der Waals surface area contributed by atoms with E-state index in [1.165, 1.54) is 18.4 Å². The Morgan fingerprint density at radius 1 is 1.19 bits per heavy atom. The summed E-state index contributed by atoms with van der Waals surface area (Å²) in [5.74, 6) is 0.912. The molecule has 2 aliphatic heterocycles. The third-order valence-electron chi connectivity index (χ3n) is 4.93. The molecule has 0 aliphatic carbocycles. The molecule has 3 N–H and O–H groups in total. The Morgan fingerprint density at radius 3 is 2.71 bits per heavy atom. The summed E-state index contributed by atoms with van der Waals surface area (Å²) >= 11 is 0. The molecule has 1 unspecified atom stereocenters. The van der Waals surface area contributed by atoms with Crippen LogP contribution in [0.5, 0.6) is 0 Å². The molecule has 114 valence electrons. The van der Waals surface area contributed by atoms with Crippen molar-refractivity contribution in [2.45, 2.75) is 38.1 Å². The summed E-state index contributed by atoms with van der Waals surface area (Å²) in [6.07, 6.45) is 5.37. The van der Waals surface area contributed by atoms with Crippen LogP contribution in [0.3, 0.4) is 0 Å². The number of hydrogen-bond acceptors (Lipinski definition) is 3. The standard InChI is InChI=1S/C17H25N3O/c18-10-7-13-8-11-20(12-9-13)16-6-5-14-3-1-2-4-15(14)19-17(16)21/h1-4,13,16H,5-12,18H2,(H,19,21). The molecule has 1 fully saturated rings. The number of nitrogens with two attached hydrogens (primary N) is 1. The Bertz CT molecular complexity index is 495. The summed E-state index contributed by atoms with van der Waals surface area (Å²) in [5.41, 5.74) is 7.90. The second-order valence-corrected chi connectivity index (χ2v) is 6.26. The zero-order chi connectivity index (χ0) is 14.7. The van der Waals surface area contributed by atoms with Crippen LogP contribution >= 0.6 is 0 Å². The van der Waals surface area contributed by atoms with Crippen LogP contribution < -0.4 is 11.1 Å².